The first kappa shape index (κ1) is 20.7. The number of rotatable bonds is 8. The van der Waals surface area contributed by atoms with Gasteiger partial charge in [0.25, 0.3) is 0 Å². The Morgan fingerprint density at radius 3 is 1.76 bits per heavy atom. The van der Waals surface area contributed by atoms with Crippen LogP contribution in [0.1, 0.15) is 42.5 Å². The molecule has 150 valence electrons. The standard InChI is InChI=1S/C26H30N2O/c1-4-11-25(29)28(20-21-16-18-24(19-17-21)27(2)3)26(22-12-7-5-8-13-22)23-14-9-6-10-15-23/h5-10,12-19,26H,4,11,20H2,1-3H3. The summed E-state index contributed by atoms with van der Waals surface area (Å²) < 4.78 is 0. The average Bonchev–Trinajstić information content (AvgIpc) is 2.75. The average molecular weight is 387 g/mol. The van der Waals surface area contributed by atoms with E-state index in [2.05, 4.69) is 60.4 Å². The van der Waals surface area contributed by atoms with E-state index in [0.29, 0.717) is 13.0 Å². The molecule has 0 saturated heterocycles. The number of anilines is 1. The molecule has 0 bridgehead atoms. The summed E-state index contributed by atoms with van der Waals surface area (Å²) in [4.78, 5) is 17.3. The van der Waals surface area contributed by atoms with Crippen molar-refractivity contribution in [1.82, 2.24) is 4.90 Å². The minimum atomic E-state index is -0.107. The summed E-state index contributed by atoms with van der Waals surface area (Å²) in [6.07, 6.45) is 1.39. The number of hydrogen-bond acceptors (Lipinski definition) is 2. The Bertz CT molecular complexity index is 850. The van der Waals surface area contributed by atoms with Gasteiger partial charge in [0.05, 0.1) is 6.04 Å². The van der Waals surface area contributed by atoms with Crippen LogP contribution in [0.3, 0.4) is 0 Å². The van der Waals surface area contributed by atoms with Crippen molar-refractivity contribution in [3.05, 3.63) is 102 Å². The molecule has 0 unspecified atom stereocenters. The van der Waals surface area contributed by atoms with E-state index in [-0.39, 0.29) is 11.9 Å². The Balaban J connectivity index is 2.01. The predicted octanol–water partition coefficient (Wildman–Crippen LogP) is 5.67. The summed E-state index contributed by atoms with van der Waals surface area (Å²) in [7, 11) is 4.07. The van der Waals surface area contributed by atoms with Gasteiger partial charge in [-0.1, -0.05) is 79.7 Å². The van der Waals surface area contributed by atoms with E-state index < -0.39 is 0 Å². The van der Waals surface area contributed by atoms with Crippen molar-refractivity contribution in [3.63, 3.8) is 0 Å². The van der Waals surface area contributed by atoms with E-state index in [0.717, 1.165) is 28.8 Å². The second-order valence-electron chi connectivity index (χ2n) is 7.56. The van der Waals surface area contributed by atoms with Gasteiger partial charge in [0.2, 0.25) is 5.91 Å². The summed E-state index contributed by atoms with van der Waals surface area (Å²) in [6, 6.07) is 29.0. The molecule has 0 fully saturated rings. The third-order valence-corrected chi connectivity index (χ3v) is 5.13. The van der Waals surface area contributed by atoms with Crippen LogP contribution in [0.15, 0.2) is 84.9 Å². The van der Waals surface area contributed by atoms with Crippen LogP contribution >= 0.6 is 0 Å². The Labute approximate surface area is 174 Å². The van der Waals surface area contributed by atoms with Gasteiger partial charge in [-0.2, -0.15) is 0 Å². The van der Waals surface area contributed by atoms with Crippen molar-refractivity contribution in [2.75, 3.05) is 19.0 Å². The third kappa shape index (κ3) is 5.26. The second kappa shape index (κ2) is 9.92. The van der Waals surface area contributed by atoms with E-state index in [9.17, 15) is 4.79 Å². The fraction of sp³-hybridized carbons (Fsp3) is 0.269. The summed E-state index contributed by atoms with van der Waals surface area (Å²) in [6.45, 7) is 2.64. The van der Waals surface area contributed by atoms with Crippen LogP contribution in [-0.2, 0) is 11.3 Å². The van der Waals surface area contributed by atoms with Gasteiger partial charge in [-0.05, 0) is 35.2 Å². The van der Waals surface area contributed by atoms with E-state index >= 15 is 0 Å². The first-order valence-electron chi connectivity index (χ1n) is 10.3. The highest BCUT2D eigenvalue weighted by Gasteiger charge is 2.26. The van der Waals surface area contributed by atoms with E-state index in [1.165, 1.54) is 0 Å². The quantitative estimate of drug-likeness (QED) is 0.498. The minimum absolute atomic E-state index is 0.107. The van der Waals surface area contributed by atoms with Crippen molar-refractivity contribution >= 4 is 11.6 Å². The largest absolute Gasteiger partial charge is 0.378 e. The molecule has 3 aromatic carbocycles. The maximum atomic E-state index is 13.2. The Morgan fingerprint density at radius 1 is 0.793 bits per heavy atom. The number of nitrogens with zero attached hydrogens (tertiary/aromatic N) is 2. The normalized spacial score (nSPS) is 10.8. The molecular weight excluding hydrogens is 356 g/mol. The molecule has 1 amide bonds. The molecule has 0 atom stereocenters. The van der Waals surface area contributed by atoms with Crippen LogP contribution in [0, 0.1) is 0 Å². The van der Waals surface area contributed by atoms with Gasteiger partial charge in [0, 0.05) is 32.7 Å². The van der Waals surface area contributed by atoms with Gasteiger partial charge in [0.1, 0.15) is 0 Å². The monoisotopic (exact) mass is 386 g/mol. The maximum absolute atomic E-state index is 13.2. The minimum Gasteiger partial charge on any atom is -0.378 e. The molecule has 0 aliphatic rings. The van der Waals surface area contributed by atoms with Crippen molar-refractivity contribution in [2.24, 2.45) is 0 Å². The Morgan fingerprint density at radius 2 is 1.31 bits per heavy atom. The second-order valence-corrected chi connectivity index (χ2v) is 7.56. The zero-order valence-electron chi connectivity index (χ0n) is 17.6. The van der Waals surface area contributed by atoms with Gasteiger partial charge in [-0.3, -0.25) is 4.79 Å². The molecule has 0 N–H and O–H groups in total. The van der Waals surface area contributed by atoms with E-state index in [1.54, 1.807) is 0 Å². The molecule has 3 rings (SSSR count). The first-order chi connectivity index (χ1) is 14.1. The molecule has 0 heterocycles. The first-order valence-corrected chi connectivity index (χ1v) is 10.3. The topological polar surface area (TPSA) is 23.6 Å². The highest BCUT2D eigenvalue weighted by Crippen LogP contribution is 2.31. The summed E-state index contributed by atoms with van der Waals surface area (Å²) in [5.74, 6) is 0.182. The van der Waals surface area contributed by atoms with Crippen LogP contribution < -0.4 is 4.90 Å². The van der Waals surface area contributed by atoms with Crippen LogP contribution in [0.4, 0.5) is 5.69 Å². The fourth-order valence-corrected chi connectivity index (χ4v) is 3.60. The van der Waals surface area contributed by atoms with Crippen molar-refractivity contribution in [2.45, 2.75) is 32.4 Å². The summed E-state index contributed by atoms with van der Waals surface area (Å²) in [5.41, 5.74) is 4.56. The van der Waals surface area contributed by atoms with Crippen LogP contribution in [0.2, 0.25) is 0 Å². The van der Waals surface area contributed by atoms with Gasteiger partial charge in [-0.25, -0.2) is 0 Å². The van der Waals surface area contributed by atoms with Gasteiger partial charge in [0.15, 0.2) is 0 Å². The molecule has 0 aromatic heterocycles. The molecule has 0 radical (unpaired) electrons. The number of benzene rings is 3. The van der Waals surface area contributed by atoms with Crippen LogP contribution in [0.5, 0.6) is 0 Å². The number of amides is 1. The highest BCUT2D eigenvalue weighted by molar-refractivity contribution is 5.77. The molecule has 0 spiro atoms. The molecule has 29 heavy (non-hydrogen) atoms. The smallest absolute Gasteiger partial charge is 0.223 e. The predicted molar refractivity (Wildman–Crippen MR) is 121 cm³/mol. The SMILES string of the molecule is CCCC(=O)N(Cc1ccc(N(C)C)cc1)C(c1ccccc1)c1ccccc1. The van der Waals surface area contributed by atoms with Gasteiger partial charge < -0.3 is 9.80 Å². The molecule has 0 aliphatic carbocycles. The van der Waals surface area contributed by atoms with Crippen molar-refractivity contribution in [1.29, 1.82) is 0 Å². The lowest BCUT2D eigenvalue weighted by Crippen LogP contribution is -2.35. The molecule has 3 nitrogen and oxygen atoms in total. The van der Waals surface area contributed by atoms with Crippen molar-refractivity contribution in [3.8, 4) is 0 Å². The number of hydrogen-bond donors (Lipinski definition) is 0. The lowest BCUT2D eigenvalue weighted by atomic mass is 9.96. The van der Waals surface area contributed by atoms with Gasteiger partial charge >= 0.3 is 0 Å². The Kier molecular flexibility index (Phi) is 7.07. The van der Waals surface area contributed by atoms with E-state index in [1.807, 2.05) is 55.4 Å². The molecular formula is C26H30N2O. The lowest BCUT2D eigenvalue weighted by Gasteiger charge is -2.33. The highest BCUT2D eigenvalue weighted by atomic mass is 16.2. The number of carbonyl (C=O) groups excluding carboxylic acids is 1. The lowest BCUT2D eigenvalue weighted by molar-refractivity contribution is -0.133. The van der Waals surface area contributed by atoms with Crippen molar-refractivity contribution < 1.29 is 4.79 Å². The molecule has 0 aliphatic heterocycles. The molecule has 3 heteroatoms. The van der Waals surface area contributed by atoms with Gasteiger partial charge in [-0.15, -0.1) is 0 Å². The summed E-state index contributed by atoms with van der Waals surface area (Å²) >= 11 is 0. The van der Waals surface area contributed by atoms with Crippen LogP contribution in [0.25, 0.3) is 0 Å². The fourth-order valence-electron chi connectivity index (χ4n) is 3.60. The number of carbonyl (C=O) groups is 1. The summed E-state index contributed by atoms with van der Waals surface area (Å²) in [5, 5.41) is 0. The molecule has 0 saturated carbocycles. The zero-order chi connectivity index (χ0) is 20.6. The zero-order valence-corrected chi connectivity index (χ0v) is 17.6. The molecule has 3 aromatic rings. The Hall–Kier alpha value is -3.07. The van der Waals surface area contributed by atoms with Crippen LogP contribution in [-0.4, -0.2) is 24.9 Å². The van der Waals surface area contributed by atoms with E-state index in [4.69, 9.17) is 0 Å². The third-order valence-electron chi connectivity index (χ3n) is 5.13. The maximum Gasteiger partial charge on any atom is 0.223 e.